The molecule has 0 spiro atoms. The number of nitrogens with zero attached hydrogens (tertiary/aromatic N) is 5. The molecule has 1 saturated heterocycles. The molecule has 0 saturated carbocycles. The summed E-state index contributed by atoms with van der Waals surface area (Å²) in [6.45, 7) is 6.20. The monoisotopic (exact) mass is 465 g/mol. The normalized spacial score (nSPS) is 14.7. The highest BCUT2D eigenvalue weighted by Crippen LogP contribution is 2.25. The van der Waals surface area contributed by atoms with Gasteiger partial charge < -0.3 is 15.5 Å². The fourth-order valence-electron chi connectivity index (χ4n) is 3.85. The van der Waals surface area contributed by atoms with Crippen LogP contribution < -0.4 is 10.6 Å². The number of allylic oxidation sites excluding steroid dienone is 1. The van der Waals surface area contributed by atoms with E-state index in [1.54, 1.807) is 12.4 Å². The molecule has 0 atom stereocenters. The highest BCUT2D eigenvalue weighted by atomic mass is 35.5. The van der Waals surface area contributed by atoms with Gasteiger partial charge in [0.2, 0.25) is 5.95 Å². The SMILES string of the molecule is C=CC(=O)Cc1cccc(CNc2nc(Nc3cnn(C4CCN(C)CC4)c3)ncc2Cl)c1. The van der Waals surface area contributed by atoms with Gasteiger partial charge in [-0.15, -0.1) is 0 Å². The Morgan fingerprint density at radius 2 is 2.06 bits per heavy atom. The second kappa shape index (κ2) is 10.6. The largest absolute Gasteiger partial charge is 0.365 e. The fraction of sp³-hybridized carbons (Fsp3) is 0.333. The number of aromatic nitrogens is 4. The first kappa shape index (κ1) is 22.9. The lowest BCUT2D eigenvalue weighted by Crippen LogP contribution is -2.31. The van der Waals surface area contributed by atoms with Gasteiger partial charge in [-0.25, -0.2) is 4.98 Å². The van der Waals surface area contributed by atoms with E-state index in [1.807, 2.05) is 35.1 Å². The Morgan fingerprint density at radius 3 is 2.85 bits per heavy atom. The van der Waals surface area contributed by atoms with Crippen LogP contribution in [0.25, 0.3) is 0 Å². The second-order valence-electron chi connectivity index (χ2n) is 8.28. The van der Waals surface area contributed by atoms with Gasteiger partial charge in [0.25, 0.3) is 0 Å². The zero-order chi connectivity index (χ0) is 23.2. The molecule has 0 bridgehead atoms. The molecular weight excluding hydrogens is 438 g/mol. The molecular formula is C24H28ClN7O. The standard InChI is InChI=1S/C24H28ClN7O/c1-3-21(33)12-17-5-4-6-18(11-17)13-26-23-22(25)15-27-24(30-23)29-19-14-28-32(16-19)20-7-9-31(2)10-8-20/h3-6,11,14-16,20H,1,7-10,12-13H2,2H3,(H2,26,27,29,30). The highest BCUT2D eigenvalue weighted by Gasteiger charge is 2.19. The molecule has 0 aliphatic carbocycles. The average molecular weight is 466 g/mol. The number of likely N-dealkylation sites (tertiary alicyclic amines) is 1. The third kappa shape index (κ3) is 6.18. The van der Waals surface area contributed by atoms with Crippen molar-refractivity contribution in [3.8, 4) is 0 Å². The average Bonchev–Trinajstić information content (AvgIpc) is 3.28. The van der Waals surface area contributed by atoms with Gasteiger partial charge in [0.05, 0.1) is 24.1 Å². The quantitative estimate of drug-likeness (QED) is 0.457. The molecule has 9 heteroatoms. The maximum atomic E-state index is 11.6. The number of piperidine rings is 1. The number of hydrogen-bond donors (Lipinski definition) is 2. The lowest BCUT2D eigenvalue weighted by molar-refractivity contribution is -0.114. The molecule has 33 heavy (non-hydrogen) atoms. The minimum atomic E-state index is -0.00573. The predicted molar refractivity (Wildman–Crippen MR) is 131 cm³/mol. The van der Waals surface area contributed by atoms with Crippen LogP contribution in [0.15, 0.2) is 55.5 Å². The predicted octanol–water partition coefficient (Wildman–Crippen LogP) is 4.25. The molecule has 2 aromatic heterocycles. The number of halogens is 1. The summed E-state index contributed by atoms with van der Waals surface area (Å²) in [6, 6.07) is 8.24. The van der Waals surface area contributed by atoms with Crippen molar-refractivity contribution in [3.63, 3.8) is 0 Å². The summed E-state index contributed by atoms with van der Waals surface area (Å²) in [7, 11) is 2.15. The van der Waals surface area contributed by atoms with Gasteiger partial charge in [-0.2, -0.15) is 10.1 Å². The molecule has 172 valence electrons. The molecule has 3 aromatic rings. The molecule has 3 heterocycles. The van der Waals surface area contributed by atoms with Crippen molar-refractivity contribution in [2.75, 3.05) is 30.8 Å². The van der Waals surface area contributed by atoms with Crippen LogP contribution >= 0.6 is 11.6 Å². The van der Waals surface area contributed by atoms with Crippen molar-refractivity contribution in [1.29, 1.82) is 0 Å². The number of carbonyl (C=O) groups excluding carboxylic acids is 1. The maximum Gasteiger partial charge on any atom is 0.229 e. The Labute approximate surface area is 198 Å². The number of nitrogens with one attached hydrogen (secondary N) is 2. The van der Waals surface area contributed by atoms with E-state index in [0.717, 1.165) is 42.7 Å². The van der Waals surface area contributed by atoms with E-state index in [2.05, 4.69) is 44.2 Å². The fourth-order valence-corrected chi connectivity index (χ4v) is 4.01. The number of anilines is 3. The van der Waals surface area contributed by atoms with Gasteiger partial charge >= 0.3 is 0 Å². The Kier molecular flexibility index (Phi) is 7.36. The van der Waals surface area contributed by atoms with E-state index >= 15 is 0 Å². The van der Waals surface area contributed by atoms with Gasteiger partial charge in [0.1, 0.15) is 5.02 Å². The van der Waals surface area contributed by atoms with E-state index in [1.165, 1.54) is 6.08 Å². The highest BCUT2D eigenvalue weighted by molar-refractivity contribution is 6.32. The van der Waals surface area contributed by atoms with Crippen molar-refractivity contribution in [2.24, 2.45) is 0 Å². The Balaban J connectivity index is 1.39. The van der Waals surface area contributed by atoms with Gasteiger partial charge in [0, 0.05) is 19.2 Å². The lowest BCUT2D eigenvalue weighted by atomic mass is 10.1. The number of benzene rings is 1. The summed E-state index contributed by atoms with van der Waals surface area (Å²) < 4.78 is 2.02. The number of ketones is 1. The number of hydrogen-bond acceptors (Lipinski definition) is 7. The Bertz CT molecular complexity index is 1120. The first-order valence-corrected chi connectivity index (χ1v) is 11.4. The van der Waals surface area contributed by atoms with Crippen molar-refractivity contribution in [1.82, 2.24) is 24.6 Å². The Morgan fingerprint density at radius 1 is 1.27 bits per heavy atom. The molecule has 0 amide bonds. The molecule has 1 fully saturated rings. The lowest BCUT2D eigenvalue weighted by Gasteiger charge is -2.28. The van der Waals surface area contributed by atoms with E-state index < -0.39 is 0 Å². The van der Waals surface area contributed by atoms with E-state index in [-0.39, 0.29) is 5.78 Å². The summed E-state index contributed by atoms with van der Waals surface area (Å²) >= 11 is 6.31. The van der Waals surface area contributed by atoms with E-state index in [4.69, 9.17) is 11.6 Å². The van der Waals surface area contributed by atoms with Gasteiger partial charge in [-0.1, -0.05) is 42.4 Å². The summed E-state index contributed by atoms with van der Waals surface area (Å²) in [6.07, 6.45) is 9.22. The van der Waals surface area contributed by atoms with Crippen LogP contribution in [0, 0.1) is 0 Å². The first-order chi connectivity index (χ1) is 16.0. The third-order valence-electron chi connectivity index (χ3n) is 5.72. The molecule has 0 unspecified atom stereocenters. The molecule has 1 aromatic carbocycles. The van der Waals surface area contributed by atoms with E-state index in [9.17, 15) is 4.79 Å². The van der Waals surface area contributed by atoms with Gasteiger partial charge in [-0.3, -0.25) is 9.48 Å². The Hall–Kier alpha value is -3.23. The maximum absolute atomic E-state index is 11.6. The molecule has 0 radical (unpaired) electrons. The molecule has 1 aliphatic heterocycles. The van der Waals surface area contributed by atoms with Crippen LogP contribution in [0.2, 0.25) is 5.02 Å². The number of carbonyl (C=O) groups is 1. The van der Waals surface area contributed by atoms with Crippen LogP contribution in [0.4, 0.5) is 17.5 Å². The summed E-state index contributed by atoms with van der Waals surface area (Å²) in [5, 5.41) is 11.4. The van der Waals surface area contributed by atoms with Crippen molar-refractivity contribution in [2.45, 2.75) is 31.8 Å². The van der Waals surface area contributed by atoms with Crippen LogP contribution in [-0.2, 0) is 17.8 Å². The van der Waals surface area contributed by atoms with Crippen LogP contribution in [0.3, 0.4) is 0 Å². The second-order valence-corrected chi connectivity index (χ2v) is 8.69. The molecule has 8 nitrogen and oxygen atoms in total. The van der Waals surface area contributed by atoms with Crippen molar-refractivity contribution < 1.29 is 4.79 Å². The van der Waals surface area contributed by atoms with Gasteiger partial charge in [0.15, 0.2) is 11.6 Å². The van der Waals surface area contributed by atoms with Crippen molar-refractivity contribution in [3.05, 3.63) is 71.7 Å². The first-order valence-electron chi connectivity index (χ1n) is 11.0. The smallest absolute Gasteiger partial charge is 0.229 e. The topological polar surface area (TPSA) is 88.0 Å². The number of rotatable bonds is 9. The van der Waals surface area contributed by atoms with Crippen molar-refractivity contribution >= 4 is 34.8 Å². The summed E-state index contributed by atoms with van der Waals surface area (Å²) in [4.78, 5) is 22.8. The third-order valence-corrected chi connectivity index (χ3v) is 6.00. The van der Waals surface area contributed by atoms with Crippen LogP contribution in [-0.4, -0.2) is 50.6 Å². The van der Waals surface area contributed by atoms with Crippen LogP contribution in [0.5, 0.6) is 0 Å². The minimum Gasteiger partial charge on any atom is -0.365 e. The van der Waals surface area contributed by atoms with Crippen LogP contribution in [0.1, 0.15) is 30.0 Å². The summed E-state index contributed by atoms with van der Waals surface area (Å²) in [5.41, 5.74) is 2.80. The zero-order valence-corrected chi connectivity index (χ0v) is 19.4. The minimum absolute atomic E-state index is 0.00573. The zero-order valence-electron chi connectivity index (χ0n) is 18.7. The van der Waals surface area contributed by atoms with E-state index in [0.29, 0.717) is 35.8 Å². The molecule has 1 aliphatic rings. The molecule has 2 N–H and O–H groups in total. The van der Waals surface area contributed by atoms with Gasteiger partial charge in [-0.05, 0) is 50.2 Å². The molecule has 4 rings (SSSR count). The summed E-state index contributed by atoms with van der Waals surface area (Å²) in [5.74, 6) is 0.966.